The predicted octanol–water partition coefficient (Wildman–Crippen LogP) is 2.74. The molecule has 5 heteroatoms. The number of hydrogen-bond acceptors (Lipinski definition) is 4. The Morgan fingerprint density at radius 2 is 1.64 bits per heavy atom. The lowest BCUT2D eigenvalue weighted by Gasteiger charge is -2.18. The summed E-state index contributed by atoms with van der Waals surface area (Å²) in [5.41, 5.74) is 8.06. The van der Waals surface area contributed by atoms with Gasteiger partial charge in [0.05, 0.1) is 0 Å². The number of hydrogen-bond donors (Lipinski definition) is 2. The summed E-state index contributed by atoms with van der Waals surface area (Å²) in [5, 5.41) is 2.96. The average molecular weight is 335 g/mol. The van der Waals surface area contributed by atoms with E-state index in [1.54, 1.807) is 0 Å². The number of aromatic nitrogens is 1. The lowest BCUT2D eigenvalue weighted by atomic mass is 9.91. The molecule has 0 aliphatic carbocycles. The summed E-state index contributed by atoms with van der Waals surface area (Å²) in [6, 6.07) is 20.3. The van der Waals surface area contributed by atoms with Crippen LogP contribution in [0.15, 0.2) is 71.3 Å². The molecule has 0 radical (unpaired) electrons. The van der Waals surface area contributed by atoms with Crippen LogP contribution >= 0.6 is 0 Å². The van der Waals surface area contributed by atoms with Gasteiger partial charge in [0.15, 0.2) is 11.6 Å². The largest absolute Gasteiger partial charge is 0.448 e. The fourth-order valence-corrected chi connectivity index (χ4v) is 2.74. The molecular formula is C20H21N3O2. The first-order chi connectivity index (χ1) is 12.3. The van der Waals surface area contributed by atoms with Gasteiger partial charge in [0.1, 0.15) is 6.26 Å². The second kappa shape index (κ2) is 8.26. The van der Waals surface area contributed by atoms with E-state index in [0.717, 1.165) is 11.1 Å². The van der Waals surface area contributed by atoms with E-state index in [2.05, 4.69) is 34.6 Å². The van der Waals surface area contributed by atoms with E-state index in [9.17, 15) is 4.79 Å². The van der Waals surface area contributed by atoms with E-state index in [1.165, 1.54) is 6.26 Å². The van der Waals surface area contributed by atoms with Gasteiger partial charge in [-0.2, -0.15) is 0 Å². The SMILES string of the molecule is NCCc1nc(C(=O)NCC(c2ccccc2)c2ccccc2)co1. The Bertz CT molecular complexity index is 761. The number of rotatable bonds is 7. The standard InChI is InChI=1S/C20H21N3O2/c21-12-11-19-23-18(14-25-19)20(24)22-13-17(15-7-3-1-4-8-15)16-9-5-2-6-10-16/h1-10,14,17H,11-13,21H2,(H,22,24). The van der Waals surface area contributed by atoms with Crippen LogP contribution in [-0.4, -0.2) is 24.0 Å². The molecule has 25 heavy (non-hydrogen) atoms. The molecule has 2 aromatic carbocycles. The minimum absolute atomic E-state index is 0.0711. The molecule has 3 N–H and O–H groups in total. The monoisotopic (exact) mass is 335 g/mol. The fraction of sp³-hybridized carbons (Fsp3) is 0.200. The summed E-state index contributed by atoms with van der Waals surface area (Å²) in [6.45, 7) is 0.914. The number of nitrogens with zero attached hydrogens (tertiary/aromatic N) is 1. The van der Waals surface area contributed by atoms with E-state index in [4.69, 9.17) is 10.2 Å². The van der Waals surface area contributed by atoms with E-state index >= 15 is 0 Å². The Hall–Kier alpha value is -2.92. The van der Waals surface area contributed by atoms with Crippen LogP contribution in [0.3, 0.4) is 0 Å². The molecule has 0 fully saturated rings. The van der Waals surface area contributed by atoms with Gasteiger partial charge in [-0.15, -0.1) is 0 Å². The highest BCUT2D eigenvalue weighted by atomic mass is 16.3. The van der Waals surface area contributed by atoms with Crippen LogP contribution in [0.5, 0.6) is 0 Å². The van der Waals surface area contributed by atoms with Gasteiger partial charge in [-0.05, 0) is 11.1 Å². The molecule has 1 aromatic heterocycles. The lowest BCUT2D eigenvalue weighted by Crippen LogP contribution is -2.29. The zero-order valence-electron chi connectivity index (χ0n) is 13.9. The number of carbonyl (C=O) groups is 1. The molecule has 0 aliphatic rings. The Balaban J connectivity index is 1.73. The second-order valence-electron chi connectivity index (χ2n) is 5.75. The third-order valence-electron chi connectivity index (χ3n) is 4.01. The van der Waals surface area contributed by atoms with Crippen LogP contribution < -0.4 is 11.1 Å². The molecule has 0 atom stereocenters. The number of nitrogens with one attached hydrogen (secondary N) is 1. The highest BCUT2D eigenvalue weighted by Gasteiger charge is 2.17. The first kappa shape index (κ1) is 16.9. The van der Waals surface area contributed by atoms with Gasteiger partial charge in [0.25, 0.3) is 5.91 Å². The molecule has 3 aromatic rings. The van der Waals surface area contributed by atoms with Crippen molar-refractivity contribution in [3.05, 3.63) is 89.6 Å². The third-order valence-corrected chi connectivity index (χ3v) is 4.01. The van der Waals surface area contributed by atoms with Crippen molar-refractivity contribution in [3.63, 3.8) is 0 Å². The summed E-state index contributed by atoms with van der Waals surface area (Å²) in [6.07, 6.45) is 1.89. The third kappa shape index (κ3) is 4.33. The molecule has 128 valence electrons. The summed E-state index contributed by atoms with van der Waals surface area (Å²) in [5.74, 6) is 0.306. The van der Waals surface area contributed by atoms with Crippen molar-refractivity contribution in [2.45, 2.75) is 12.3 Å². The highest BCUT2D eigenvalue weighted by Crippen LogP contribution is 2.23. The number of carbonyl (C=O) groups excluding carboxylic acids is 1. The normalized spacial score (nSPS) is 10.8. The Kier molecular flexibility index (Phi) is 5.59. The minimum Gasteiger partial charge on any atom is -0.448 e. The Morgan fingerprint density at radius 3 is 2.20 bits per heavy atom. The topological polar surface area (TPSA) is 81.1 Å². The molecule has 0 bridgehead atoms. The van der Waals surface area contributed by atoms with Crippen molar-refractivity contribution >= 4 is 5.91 Å². The molecule has 0 saturated carbocycles. The van der Waals surface area contributed by atoms with Gasteiger partial charge in [-0.25, -0.2) is 4.98 Å². The first-order valence-corrected chi connectivity index (χ1v) is 8.30. The Labute approximate surface area is 146 Å². The van der Waals surface area contributed by atoms with Crippen molar-refractivity contribution in [2.24, 2.45) is 5.73 Å². The maximum Gasteiger partial charge on any atom is 0.273 e. The van der Waals surface area contributed by atoms with Gasteiger partial charge in [0.2, 0.25) is 0 Å². The number of oxazole rings is 1. The van der Waals surface area contributed by atoms with Crippen LogP contribution in [0.4, 0.5) is 0 Å². The summed E-state index contributed by atoms with van der Waals surface area (Å²) < 4.78 is 5.25. The van der Waals surface area contributed by atoms with Crippen molar-refractivity contribution < 1.29 is 9.21 Å². The van der Waals surface area contributed by atoms with Gasteiger partial charge in [-0.3, -0.25) is 4.79 Å². The molecule has 1 amide bonds. The predicted molar refractivity (Wildman–Crippen MR) is 96.3 cm³/mol. The van der Waals surface area contributed by atoms with Crippen molar-refractivity contribution in [1.82, 2.24) is 10.3 Å². The van der Waals surface area contributed by atoms with Crippen molar-refractivity contribution in [2.75, 3.05) is 13.1 Å². The van der Waals surface area contributed by atoms with Gasteiger partial charge in [-0.1, -0.05) is 60.7 Å². The van der Waals surface area contributed by atoms with Crippen LogP contribution in [-0.2, 0) is 6.42 Å². The van der Waals surface area contributed by atoms with Crippen LogP contribution in [0.25, 0.3) is 0 Å². The van der Waals surface area contributed by atoms with Crippen molar-refractivity contribution in [3.8, 4) is 0 Å². The first-order valence-electron chi connectivity index (χ1n) is 8.30. The van der Waals surface area contributed by atoms with E-state index in [0.29, 0.717) is 25.4 Å². The van der Waals surface area contributed by atoms with Gasteiger partial charge < -0.3 is 15.5 Å². The van der Waals surface area contributed by atoms with Gasteiger partial charge >= 0.3 is 0 Å². The average Bonchev–Trinajstić information content (AvgIpc) is 3.13. The van der Waals surface area contributed by atoms with Crippen LogP contribution in [0.1, 0.15) is 33.4 Å². The lowest BCUT2D eigenvalue weighted by molar-refractivity contribution is 0.0947. The molecule has 0 aliphatic heterocycles. The molecule has 1 heterocycles. The number of nitrogens with two attached hydrogens (primary N) is 1. The smallest absolute Gasteiger partial charge is 0.273 e. The van der Waals surface area contributed by atoms with E-state index < -0.39 is 0 Å². The fourth-order valence-electron chi connectivity index (χ4n) is 2.74. The second-order valence-corrected chi connectivity index (χ2v) is 5.75. The summed E-state index contributed by atoms with van der Waals surface area (Å²) >= 11 is 0. The zero-order chi connectivity index (χ0) is 17.5. The highest BCUT2D eigenvalue weighted by molar-refractivity contribution is 5.91. The zero-order valence-corrected chi connectivity index (χ0v) is 13.9. The van der Waals surface area contributed by atoms with Crippen LogP contribution in [0.2, 0.25) is 0 Å². The van der Waals surface area contributed by atoms with E-state index in [1.807, 2.05) is 36.4 Å². The maximum atomic E-state index is 12.4. The molecule has 3 rings (SSSR count). The minimum atomic E-state index is -0.246. The maximum absolute atomic E-state index is 12.4. The number of benzene rings is 2. The summed E-state index contributed by atoms with van der Waals surface area (Å²) in [4.78, 5) is 16.5. The molecule has 0 spiro atoms. The molecule has 5 nitrogen and oxygen atoms in total. The molecule has 0 unspecified atom stereocenters. The van der Waals surface area contributed by atoms with Crippen LogP contribution in [0, 0.1) is 0 Å². The van der Waals surface area contributed by atoms with Gasteiger partial charge in [0, 0.05) is 25.4 Å². The Morgan fingerprint density at radius 1 is 1.04 bits per heavy atom. The molecule has 0 saturated heterocycles. The summed E-state index contributed by atoms with van der Waals surface area (Å²) in [7, 11) is 0. The van der Waals surface area contributed by atoms with E-state index in [-0.39, 0.29) is 17.5 Å². The quantitative estimate of drug-likeness (QED) is 0.695. The molecular weight excluding hydrogens is 314 g/mol. The van der Waals surface area contributed by atoms with Crippen molar-refractivity contribution in [1.29, 1.82) is 0 Å². The number of amides is 1.